The Morgan fingerprint density at radius 2 is 1.95 bits per heavy atom. The van der Waals surface area contributed by atoms with Crippen LogP contribution in [0, 0.1) is 17.6 Å². The van der Waals surface area contributed by atoms with E-state index in [2.05, 4.69) is 0 Å². The Kier molecular flexibility index (Phi) is 5.10. The predicted molar refractivity (Wildman–Crippen MR) is 72.3 cm³/mol. The fourth-order valence-electron chi connectivity index (χ4n) is 2.97. The largest absolute Gasteiger partial charge is 0.466 e. The monoisotopic (exact) mass is 282 g/mol. The van der Waals surface area contributed by atoms with E-state index >= 15 is 0 Å². The molecule has 110 valence electrons. The highest BCUT2D eigenvalue weighted by molar-refractivity contribution is 5.69. The first kappa shape index (κ1) is 14.9. The zero-order valence-electron chi connectivity index (χ0n) is 11.7. The molecule has 0 N–H and O–H groups in total. The minimum absolute atomic E-state index is 0.0594. The van der Waals surface area contributed by atoms with Gasteiger partial charge in [0.15, 0.2) is 11.6 Å². The van der Waals surface area contributed by atoms with Crippen molar-refractivity contribution in [2.75, 3.05) is 6.61 Å². The first-order chi connectivity index (χ1) is 9.61. The van der Waals surface area contributed by atoms with Crippen molar-refractivity contribution in [2.45, 2.75) is 44.9 Å². The van der Waals surface area contributed by atoms with Crippen LogP contribution in [0.2, 0.25) is 0 Å². The van der Waals surface area contributed by atoms with E-state index in [0.717, 1.165) is 31.7 Å². The average Bonchev–Trinajstić information content (AvgIpc) is 2.43. The summed E-state index contributed by atoms with van der Waals surface area (Å²) in [4.78, 5) is 11.4. The van der Waals surface area contributed by atoms with Crippen molar-refractivity contribution in [1.82, 2.24) is 0 Å². The third-order valence-electron chi connectivity index (χ3n) is 4.03. The van der Waals surface area contributed by atoms with Crippen LogP contribution in [-0.2, 0) is 9.53 Å². The summed E-state index contributed by atoms with van der Waals surface area (Å²) in [5, 5.41) is 0. The summed E-state index contributed by atoms with van der Waals surface area (Å²) in [6.07, 6.45) is 3.75. The number of rotatable bonds is 4. The Labute approximate surface area is 118 Å². The van der Waals surface area contributed by atoms with Gasteiger partial charge in [0, 0.05) is 6.42 Å². The Hall–Kier alpha value is -1.45. The van der Waals surface area contributed by atoms with Crippen LogP contribution in [0.4, 0.5) is 8.78 Å². The molecular weight excluding hydrogens is 262 g/mol. The van der Waals surface area contributed by atoms with Gasteiger partial charge < -0.3 is 4.74 Å². The van der Waals surface area contributed by atoms with E-state index in [4.69, 9.17) is 4.74 Å². The number of ether oxygens (including phenoxy) is 1. The second kappa shape index (κ2) is 6.82. The summed E-state index contributed by atoms with van der Waals surface area (Å²) < 4.78 is 31.9. The Morgan fingerprint density at radius 3 is 2.60 bits per heavy atom. The molecule has 0 unspecified atom stereocenters. The number of carbonyl (C=O) groups is 1. The second-order valence-corrected chi connectivity index (χ2v) is 5.37. The molecule has 4 heteroatoms. The van der Waals surface area contributed by atoms with Crippen molar-refractivity contribution in [1.29, 1.82) is 0 Å². The number of esters is 1. The molecule has 0 bridgehead atoms. The van der Waals surface area contributed by atoms with E-state index in [1.165, 1.54) is 0 Å². The molecule has 0 heterocycles. The maximum atomic E-state index is 13.7. The maximum Gasteiger partial charge on any atom is 0.306 e. The lowest BCUT2D eigenvalue weighted by atomic mass is 9.77. The highest BCUT2D eigenvalue weighted by Crippen LogP contribution is 2.38. The quantitative estimate of drug-likeness (QED) is 0.774. The molecule has 0 radical (unpaired) electrons. The Bertz CT molecular complexity index is 466. The summed E-state index contributed by atoms with van der Waals surface area (Å²) >= 11 is 0. The SMILES string of the molecule is CCOC(=O)CC1CCC(c2cccc(F)c2F)CC1. The van der Waals surface area contributed by atoms with Gasteiger partial charge in [-0.25, -0.2) is 8.78 Å². The molecule has 20 heavy (non-hydrogen) atoms. The van der Waals surface area contributed by atoms with Crippen LogP contribution >= 0.6 is 0 Å². The fraction of sp³-hybridized carbons (Fsp3) is 0.562. The van der Waals surface area contributed by atoms with Gasteiger partial charge in [0.1, 0.15) is 0 Å². The predicted octanol–water partition coefficient (Wildman–Crippen LogP) is 4.19. The number of halogens is 2. The smallest absolute Gasteiger partial charge is 0.306 e. The summed E-state index contributed by atoms with van der Waals surface area (Å²) in [6, 6.07) is 4.36. The summed E-state index contributed by atoms with van der Waals surface area (Å²) in [7, 11) is 0. The minimum atomic E-state index is -0.781. The Balaban J connectivity index is 1.91. The molecular formula is C16H20F2O2. The lowest BCUT2D eigenvalue weighted by Crippen LogP contribution is -2.18. The first-order valence-corrected chi connectivity index (χ1v) is 7.21. The topological polar surface area (TPSA) is 26.3 Å². The number of benzene rings is 1. The van der Waals surface area contributed by atoms with Crippen LogP contribution in [0.5, 0.6) is 0 Å². The van der Waals surface area contributed by atoms with E-state index in [1.54, 1.807) is 19.1 Å². The van der Waals surface area contributed by atoms with Gasteiger partial charge in [-0.3, -0.25) is 4.79 Å². The highest BCUT2D eigenvalue weighted by atomic mass is 19.2. The summed E-state index contributed by atoms with van der Waals surface area (Å²) in [6.45, 7) is 2.20. The lowest BCUT2D eigenvalue weighted by molar-refractivity contribution is -0.144. The molecule has 0 atom stereocenters. The normalized spacial score (nSPS) is 22.6. The van der Waals surface area contributed by atoms with E-state index in [9.17, 15) is 13.6 Å². The standard InChI is InChI=1S/C16H20F2O2/c1-2-20-15(19)10-11-6-8-12(9-7-11)13-4-3-5-14(17)16(13)18/h3-5,11-12H,2,6-10H2,1H3. The van der Waals surface area contributed by atoms with Crippen molar-refractivity contribution in [3.05, 3.63) is 35.4 Å². The van der Waals surface area contributed by atoms with Crippen LogP contribution in [-0.4, -0.2) is 12.6 Å². The zero-order valence-corrected chi connectivity index (χ0v) is 11.7. The van der Waals surface area contributed by atoms with Gasteiger partial charge >= 0.3 is 5.97 Å². The number of hydrogen-bond donors (Lipinski definition) is 0. The molecule has 0 amide bonds. The maximum absolute atomic E-state index is 13.7. The van der Waals surface area contributed by atoms with Crippen molar-refractivity contribution >= 4 is 5.97 Å². The Morgan fingerprint density at radius 1 is 1.25 bits per heavy atom. The molecule has 2 nitrogen and oxygen atoms in total. The van der Waals surface area contributed by atoms with Crippen molar-refractivity contribution in [3.8, 4) is 0 Å². The van der Waals surface area contributed by atoms with E-state index in [1.807, 2.05) is 0 Å². The summed E-state index contributed by atoms with van der Waals surface area (Å²) in [5.41, 5.74) is 0.472. The van der Waals surface area contributed by atoms with Gasteiger partial charge in [-0.2, -0.15) is 0 Å². The molecule has 1 fully saturated rings. The van der Waals surface area contributed by atoms with E-state index in [0.29, 0.717) is 24.5 Å². The van der Waals surface area contributed by atoms with Gasteiger partial charge in [-0.15, -0.1) is 0 Å². The average molecular weight is 282 g/mol. The number of carbonyl (C=O) groups excluding carboxylic acids is 1. The molecule has 0 spiro atoms. The number of hydrogen-bond acceptors (Lipinski definition) is 2. The van der Waals surface area contributed by atoms with Crippen LogP contribution in [0.3, 0.4) is 0 Å². The van der Waals surface area contributed by atoms with Gasteiger partial charge in [0.05, 0.1) is 6.61 Å². The second-order valence-electron chi connectivity index (χ2n) is 5.37. The molecule has 2 rings (SSSR count). The third-order valence-corrected chi connectivity index (χ3v) is 4.03. The summed E-state index contributed by atoms with van der Waals surface area (Å²) in [5.74, 6) is -1.29. The van der Waals surface area contributed by atoms with Crippen LogP contribution in [0.15, 0.2) is 18.2 Å². The van der Waals surface area contributed by atoms with Gasteiger partial charge in [-0.1, -0.05) is 12.1 Å². The fourth-order valence-corrected chi connectivity index (χ4v) is 2.97. The molecule has 1 saturated carbocycles. The highest BCUT2D eigenvalue weighted by Gasteiger charge is 2.26. The molecule has 1 aliphatic rings. The molecule has 1 aromatic carbocycles. The van der Waals surface area contributed by atoms with Gasteiger partial charge in [0.25, 0.3) is 0 Å². The minimum Gasteiger partial charge on any atom is -0.466 e. The van der Waals surface area contributed by atoms with E-state index < -0.39 is 11.6 Å². The molecule has 0 aromatic heterocycles. The van der Waals surface area contributed by atoms with Crippen LogP contribution in [0.25, 0.3) is 0 Å². The van der Waals surface area contributed by atoms with Crippen LogP contribution in [0.1, 0.15) is 50.5 Å². The van der Waals surface area contributed by atoms with Crippen molar-refractivity contribution in [2.24, 2.45) is 5.92 Å². The third kappa shape index (κ3) is 3.56. The van der Waals surface area contributed by atoms with E-state index in [-0.39, 0.29) is 11.9 Å². The van der Waals surface area contributed by atoms with Crippen molar-refractivity contribution < 1.29 is 18.3 Å². The molecule has 0 aliphatic heterocycles. The molecule has 1 aliphatic carbocycles. The van der Waals surface area contributed by atoms with Crippen LogP contribution < -0.4 is 0 Å². The first-order valence-electron chi connectivity index (χ1n) is 7.21. The zero-order chi connectivity index (χ0) is 14.5. The molecule has 0 saturated heterocycles. The van der Waals surface area contributed by atoms with Gasteiger partial charge in [-0.05, 0) is 56.1 Å². The lowest BCUT2D eigenvalue weighted by Gasteiger charge is -2.28. The van der Waals surface area contributed by atoms with Crippen molar-refractivity contribution in [3.63, 3.8) is 0 Å². The van der Waals surface area contributed by atoms with Gasteiger partial charge in [0.2, 0.25) is 0 Å². The molecule has 1 aromatic rings.